The minimum absolute atomic E-state index is 0.481. The molecule has 0 atom stereocenters. The van der Waals surface area contributed by atoms with Crippen molar-refractivity contribution in [1.82, 2.24) is 9.97 Å². The van der Waals surface area contributed by atoms with Gasteiger partial charge in [0, 0.05) is 12.6 Å². The molecule has 0 amide bonds. The summed E-state index contributed by atoms with van der Waals surface area (Å²) in [5.74, 6) is 1.47. The first kappa shape index (κ1) is 13.7. The van der Waals surface area contributed by atoms with Crippen molar-refractivity contribution in [2.45, 2.75) is 45.8 Å². The van der Waals surface area contributed by atoms with Crippen LogP contribution < -0.4 is 10.6 Å². The Kier molecular flexibility index (Phi) is 3.93. The Hall–Kier alpha value is -1.36. The van der Waals surface area contributed by atoms with Crippen molar-refractivity contribution < 1.29 is 5.11 Å². The molecule has 17 heavy (non-hydrogen) atoms. The summed E-state index contributed by atoms with van der Waals surface area (Å²) < 4.78 is 0. The standard InChI is InChI=1S/C12H22N4O/c1-6-13-9-7-10(15-8-14-9)16-11(2,3)12(4,5)17/h7-8,17H,6H2,1-5H3,(H2,13,14,15,16). The lowest BCUT2D eigenvalue weighted by atomic mass is 9.86. The number of hydrogen-bond donors (Lipinski definition) is 3. The fourth-order valence-electron chi connectivity index (χ4n) is 1.18. The Morgan fingerprint density at radius 3 is 2.29 bits per heavy atom. The van der Waals surface area contributed by atoms with Gasteiger partial charge in [0.15, 0.2) is 0 Å². The molecule has 0 spiro atoms. The van der Waals surface area contributed by atoms with Gasteiger partial charge in [-0.1, -0.05) is 0 Å². The van der Waals surface area contributed by atoms with Crippen LogP contribution in [0.5, 0.6) is 0 Å². The van der Waals surface area contributed by atoms with Crippen molar-refractivity contribution in [2.24, 2.45) is 0 Å². The van der Waals surface area contributed by atoms with E-state index in [1.54, 1.807) is 13.8 Å². The quantitative estimate of drug-likeness (QED) is 0.730. The maximum atomic E-state index is 10.1. The third kappa shape index (κ3) is 3.56. The molecule has 0 bridgehead atoms. The molecule has 0 saturated carbocycles. The summed E-state index contributed by atoms with van der Waals surface area (Å²) in [6, 6.07) is 1.83. The zero-order valence-electron chi connectivity index (χ0n) is 11.2. The molecule has 0 aromatic carbocycles. The molecule has 0 aliphatic heterocycles. The summed E-state index contributed by atoms with van der Waals surface area (Å²) in [6.45, 7) is 10.2. The van der Waals surface area contributed by atoms with Gasteiger partial charge < -0.3 is 15.7 Å². The summed E-state index contributed by atoms with van der Waals surface area (Å²) in [5, 5.41) is 16.4. The van der Waals surface area contributed by atoms with Crippen LogP contribution in [0.4, 0.5) is 11.6 Å². The highest BCUT2D eigenvalue weighted by molar-refractivity contribution is 5.48. The smallest absolute Gasteiger partial charge is 0.131 e. The van der Waals surface area contributed by atoms with Crippen LogP contribution in [-0.4, -0.2) is 32.8 Å². The summed E-state index contributed by atoms with van der Waals surface area (Å²) in [7, 11) is 0. The zero-order chi connectivity index (χ0) is 13.1. The molecule has 96 valence electrons. The summed E-state index contributed by atoms with van der Waals surface area (Å²) >= 11 is 0. The van der Waals surface area contributed by atoms with Crippen LogP contribution >= 0.6 is 0 Å². The van der Waals surface area contributed by atoms with E-state index in [4.69, 9.17) is 0 Å². The zero-order valence-corrected chi connectivity index (χ0v) is 11.2. The average molecular weight is 238 g/mol. The highest BCUT2D eigenvalue weighted by Crippen LogP contribution is 2.25. The summed E-state index contributed by atoms with van der Waals surface area (Å²) in [5.41, 5.74) is -1.33. The van der Waals surface area contributed by atoms with Gasteiger partial charge in [0.05, 0.1) is 11.1 Å². The maximum Gasteiger partial charge on any atom is 0.131 e. The number of rotatable bonds is 5. The van der Waals surface area contributed by atoms with Crippen molar-refractivity contribution in [3.05, 3.63) is 12.4 Å². The van der Waals surface area contributed by atoms with Gasteiger partial charge in [-0.2, -0.15) is 0 Å². The van der Waals surface area contributed by atoms with E-state index < -0.39 is 11.1 Å². The van der Waals surface area contributed by atoms with Crippen LogP contribution in [-0.2, 0) is 0 Å². The summed E-state index contributed by atoms with van der Waals surface area (Å²) in [6.07, 6.45) is 1.50. The molecule has 0 radical (unpaired) electrons. The second kappa shape index (κ2) is 4.87. The van der Waals surface area contributed by atoms with E-state index in [1.807, 2.05) is 26.8 Å². The molecule has 5 heteroatoms. The molecule has 0 saturated heterocycles. The number of aliphatic hydroxyl groups is 1. The topological polar surface area (TPSA) is 70.1 Å². The van der Waals surface area contributed by atoms with Crippen LogP contribution in [0.3, 0.4) is 0 Å². The predicted octanol–water partition coefficient (Wildman–Crippen LogP) is 1.87. The first-order valence-electron chi connectivity index (χ1n) is 5.83. The van der Waals surface area contributed by atoms with Gasteiger partial charge in [0.2, 0.25) is 0 Å². The normalized spacial score (nSPS) is 12.4. The summed E-state index contributed by atoms with van der Waals surface area (Å²) in [4.78, 5) is 8.24. The predicted molar refractivity (Wildman–Crippen MR) is 70.2 cm³/mol. The lowest BCUT2D eigenvalue weighted by molar-refractivity contribution is 0.0239. The molecule has 1 aromatic rings. The first-order chi connectivity index (χ1) is 7.76. The van der Waals surface area contributed by atoms with E-state index in [2.05, 4.69) is 20.6 Å². The van der Waals surface area contributed by atoms with Gasteiger partial charge in [0.1, 0.15) is 18.0 Å². The lowest BCUT2D eigenvalue weighted by Crippen LogP contribution is -2.51. The Labute approximate surface area is 103 Å². The van der Waals surface area contributed by atoms with Crippen molar-refractivity contribution in [3.8, 4) is 0 Å². The average Bonchev–Trinajstić information content (AvgIpc) is 2.16. The maximum absolute atomic E-state index is 10.1. The van der Waals surface area contributed by atoms with Gasteiger partial charge >= 0.3 is 0 Å². The fraction of sp³-hybridized carbons (Fsp3) is 0.667. The van der Waals surface area contributed by atoms with Crippen molar-refractivity contribution in [1.29, 1.82) is 0 Å². The molecule has 0 aliphatic rings. The Balaban J connectivity index is 2.84. The van der Waals surface area contributed by atoms with Crippen molar-refractivity contribution in [3.63, 3.8) is 0 Å². The van der Waals surface area contributed by atoms with Crippen LogP contribution in [0.2, 0.25) is 0 Å². The van der Waals surface area contributed by atoms with Crippen molar-refractivity contribution >= 4 is 11.6 Å². The molecule has 5 nitrogen and oxygen atoms in total. The molecule has 1 rings (SSSR count). The molecular formula is C12H22N4O. The number of hydrogen-bond acceptors (Lipinski definition) is 5. The van der Waals surface area contributed by atoms with E-state index in [1.165, 1.54) is 6.33 Å². The van der Waals surface area contributed by atoms with Gasteiger partial charge in [-0.25, -0.2) is 9.97 Å². The Morgan fingerprint density at radius 2 is 1.76 bits per heavy atom. The first-order valence-corrected chi connectivity index (χ1v) is 5.83. The van der Waals surface area contributed by atoms with Gasteiger partial charge in [-0.15, -0.1) is 0 Å². The monoisotopic (exact) mass is 238 g/mol. The molecule has 0 fully saturated rings. The van der Waals surface area contributed by atoms with E-state index in [9.17, 15) is 5.11 Å². The van der Waals surface area contributed by atoms with Gasteiger partial charge in [-0.05, 0) is 34.6 Å². The second-order valence-corrected chi connectivity index (χ2v) is 5.13. The molecule has 1 heterocycles. The van der Waals surface area contributed by atoms with E-state index >= 15 is 0 Å². The fourth-order valence-corrected chi connectivity index (χ4v) is 1.18. The van der Waals surface area contributed by atoms with Crippen LogP contribution in [0.25, 0.3) is 0 Å². The molecule has 0 aliphatic carbocycles. The molecule has 3 N–H and O–H groups in total. The number of aromatic nitrogens is 2. The number of nitrogens with one attached hydrogen (secondary N) is 2. The van der Waals surface area contributed by atoms with E-state index in [0.717, 1.165) is 12.4 Å². The Morgan fingerprint density at radius 1 is 1.18 bits per heavy atom. The lowest BCUT2D eigenvalue weighted by Gasteiger charge is -2.38. The van der Waals surface area contributed by atoms with Gasteiger partial charge in [0.25, 0.3) is 0 Å². The van der Waals surface area contributed by atoms with Crippen molar-refractivity contribution in [2.75, 3.05) is 17.2 Å². The second-order valence-electron chi connectivity index (χ2n) is 5.13. The third-order valence-electron chi connectivity index (χ3n) is 3.00. The van der Waals surface area contributed by atoms with Crippen LogP contribution in [0, 0.1) is 0 Å². The minimum Gasteiger partial charge on any atom is -0.388 e. The molecule has 1 aromatic heterocycles. The molecular weight excluding hydrogens is 216 g/mol. The van der Waals surface area contributed by atoms with Gasteiger partial charge in [-0.3, -0.25) is 0 Å². The van der Waals surface area contributed by atoms with Crippen LogP contribution in [0.15, 0.2) is 12.4 Å². The largest absolute Gasteiger partial charge is 0.388 e. The van der Waals surface area contributed by atoms with Crippen LogP contribution in [0.1, 0.15) is 34.6 Å². The SMILES string of the molecule is CCNc1cc(NC(C)(C)C(C)(C)O)ncn1. The van der Waals surface area contributed by atoms with E-state index in [-0.39, 0.29) is 0 Å². The third-order valence-corrected chi connectivity index (χ3v) is 3.00. The highest BCUT2D eigenvalue weighted by atomic mass is 16.3. The number of nitrogens with zero attached hydrogens (tertiary/aromatic N) is 2. The van der Waals surface area contributed by atoms with E-state index in [0.29, 0.717) is 5.82 Å². The highest BCUT2D eigenvalue weighted by Gasteiger charge is 2.35. The minimum atomic E-state index is -0.851. The number of anilines is 2. The molecule has 0 unspecified atom stereocenters. The Bertz CT molecular complexity index is 371.